The maximum atomic E-state index is 10.1. The molecule has 0 amide bonds. The zero-order chi connectivity index (χ0) is 10.6. The lowest BCUT2D eigenvalue weighted by Gasteiger charge is -1.97. The number of hydrogen-bond acceptors (Lipinski definition) is 2. The van der Waals surface area contributed by atoms with E-state index in [2.05, 4.69) is 24.4 Å². The smallest absolute Gasteiger partial charge is 0.304 e. The van der Waals surface area contributed by atoms with Crippen LogP contribution in [0.25, 0.3) is 0 Å². The fourth-order valence-electron chi connectivity index (χ4n) is 1.09. The highest BCUT2D eigenvalue weighted by Crippen LogP contribution is 1.98. The molecule has 0 radical (unpaired) electrons. The van der Waals surface area contributed by atoms with Crippen LogP contribution in [-0.2, 0) is 4.79 Å². The van der Waals surface area contributed by atoms with Gasteiger partial charge in [-0.1, -0.05) is 31.9 Å². The molecule has 0 aliphatic rings. The molecule has 3 nitrogen and oxygen atoms in total. The van der Waals surface area contributed by atoms with Crippen LogP contribution in [0.15, 0.2) is 12.2 Å². The largest absolute Gasteiger partial charge is 0.481 e. The van der Waals surface area contributed by atoms with Crippen LogP contribution in [0.1, 0.15) is 39.0 Å². The molecule has 0 bridgehead atoms. The van der Waals surface area contributed by atoms with Gasteiger partial charge in [-0.25, -0.2) is 0 Å². The predicted octanol–water partition coefficient (Wildman–Crippen LogP) is 2.19. The molecule has 0 aromatic carbocycles. The first-order valence-electron chi connectivity index (χ1n) is 5.35. The highest BCUT2D eigenvalue weighted by molar-refractivity contribution is 5.66. The molecule has 0 spiro atoms. The second-order valence-electron chi connectivity index (χ2n) is 3.32. The molecule has 0 saturated heterocycles. The van der Waals surface area contributed by atoms with Crippen LogP contribution in [-0.4, -0.2) is 24.2 Å². The standard InChI is InChI=1S/C11H21NO2/c1-2-3-4-5-6-7-9-12-10-8-11(13)14/h6-7,12H,2-5,8-10H2,1H3,(H,13,14). The quantitative estimate of drug-likeness (QED) is 0.442. The Morgan fingerprint density at radius 2 is 2.14 bits per heavy atom. The zero-order valence-electron chi connectivity index (χ0n) is 8.96. The van der Waals surface area contributed by atoms with Crippen molar-refractivity contribution in [3.63, 3.8) is 0 Å². The Bertz CT molecular complexity index is 167. The van der Waals surface area contributed by atoms with Crippen molar-refractivity contribution in [2.24, 2.45) is 0 Å². The monoisotopic (exact) mass is 199 g/mol. The molecule has 0 saturated carbocycles. The fraction of sp³-hybridized carbons (Fsp3) is 0.727. The minimum atomic E-state index is -0.746. The van der Waals surface area contributed by atoms with Crippen LogP contribution in [0, 0.1) is 0 Å². The summed E-state index contributed by atoms with van der Waals surface area (Å²) in [6, 6.07) is 0. The molecule has 0 fully saturated rings. The first-order valence-corrected chi connectivity index (χ1v) is 5.35. The Morgan fingerprint density at radius 3 is 2.79 bits per heavy atom. The lowest BCUT2D eigenvalue weighted by atomic mass is 10.2. The third-order valence-electron chi connectivity index (χ3n) is 1.92. The van der Waals surface area contributed by atoms with E-state index in [-0.39, 0.29) is 6.42 Å². The van der Waals surface area contributed by atoms with Crippen LogP contribution in [0.5, 0.6) is 0 Å². The highest BCUT2D eigenvalue weighted by atomic mass is 16.4. The summed E-state index contributed by atoms with van der Waals surface area (Å²) >= 11 is 0. The number of nitrogens with one attached hydrogen (secondary N) is 1. The van der Waals surface area contributed by atoms with Gasteiger partial charge in [0.05, 0.1) is 6.42 Å². The number of carboxylic acid groups (broad SMARTS) is 1. The van der Waals surface area contributed by atoms with E-state index in [0.29, 0.717) is 6.54 Å². The van der Waals surface area contributed by atoms with E-state index in [1.165, 1.54) is 19.3 Å². The highest BCUT2D eigenvalue weighted by Gasteiger charge is 1.92. The van der Waals surface area contributed by atoms with Crippen LogP contribution in [0.2, 0.25) is 0 Å². The van der Waals surface area contributed by atoms with E-state index in [4.69, 9.17) is 5.11 Å². The van der Waals surface area contributed by atoms with Crippen molar-refractivity contribution in [3.8, 4) is 0 Å². The SMILES string of the molecule is CCCCCC=CCNCCC(=O)O. The maximum absolute atomic E-state index is 10.1. The van der Waals surface area contributed by atoms with Gasteiger partial charge in [-0.2, -0.15) is 0 Å². The van der Waals surface area contributed by atoms with Crippen molar-refractivity contribution < 1.29 is 9.90 Å². The molecule has 0 aliphatic heterocycles. The number of unbranched alkanes of at least 4 members (excludes halogenated alkanes) is 3. The first kappa shape index (κ1) is 13.2. The summed E-state index contributed by atoms with van der Waals surface area (Å²) in [6.45, 7) is 3.52. The van der Waals surface area contributed by atoms with Crippen molar-refractivity contribution in [3.05, 3.63) is 12.2 Å². The molecule has 0 aliphatic carbocycles. The summed E-state index contributed by atoms with van der Waals surface area (Å²) in [4.78, 5) is 10.1. The Kier molecular flexibility index (Phi) is 9.64. The van der Waals surface area contributed by atoms with Crippen molar-refractivity contribution in [1.29, 1.82) is 0 Å². The van der Waals surface area contributed by atoms with Gasteiger partial charge < -0.3 is 10.4 Å². The number of aliphatic carboxylic acids is 1. The van der Waals surface area contributed by atoms with Gasteiger partial charge in [-0.3, -0.25) is 4.79 Å². The van der Waals surface area contributed by atoms with Gasteiger partial charge in [0, 0.05) is 13.1 Å². The Hall–Kier alpha value is -0.830. The third-order valence-corrected chi connectivity index (χ3v) is 1.92. The number of allylic oxidation sites excluding steroid dienone is 1. The van der Waals surface area contributed by atoms with Crippen molar-refractivity contribution in [1.82, 2.24) is 5.32 Å². The van der Waals surface area contributed by atoms with Crippen molar-refractivity contribution >= 4 is 5.97 Å². The van der Waals surface area contributed by atoms with E-state index < -0.39 is 5.97 Å². The predicted molar refractivity (Wildman–Crippen MR) is 58.4 cm³/mol. The third kappa shape index (κ3) is 11.2. The topological polar surface area (TPSA) is 49.3 Å². The lowest BCUT2D eigenvalue weighted by molar-refractivity contribution is -0.136. The zero-order valence-corrected chi connectivity index (χ0v) is 8.96. The number of hydrogen-bond donors (Lipinski definition) is 2. The molecule has 2 N–H and O–H groups in total. The Balaban J connectivity index is 3.07. The molecule has 0 rings (SSSR count). The van der Waals surface area contributed by atoms with Crippen LogP contribution < -0.4 is 5.32 Å². The summed E-state index contributed by atoms with van der Waals surface area (Å²) in [5.41, 5.74) is 0. The minimum absolute atomic E-state index is 0.198. The number of carboxylic acids is 1. The Labute approximate surface area is 86.2 Å². The van der Waals surface area contributed by atoms with Gasteiger partial charge in [0.2, 0.25) is 0 Å². The van der Waals surface area contributed by atoms with E-state index in [1.54, 1.807) is 0 Å². The molecular weight excluding hydrogens is 178 g/mol. The number of rotatable bonds is 9. The summed E-state index contributed by atoms with van der Waals surface area (Å²) in [6.07, 6.45) is 9.35. The van der Waals surface area contributed by atoms with Crippen LogP contribution in [0.4, 0.5) is 0 Å². The number of carbonyl (C=O) groups is 1. The molecule has 0 atom stereocenters. The first-order chi connectivity index (χ1) is 6.77. The summed E-state index contributed by atoms with van der Waals surface area (Å²) in [5, 5.41) is 11.4. The lowest BCUT2D eigenvalue weighted by Crippen LogP contribution is -2.17. The van der Waals surface area contributed by atoms with E-state index in [1.807, 2.05) is 0 Å². The van der Waals surface area contributed by atoms with Crippen molar-refractivity contribution in [2.45, 2.75) is 39.0 Å². The van der Waals surface area contributed by atoms with E-state index in [0.717, 1.165) is 13.0 Å². The van der Waals surface area contributed by atoms with Gasteiger partial charge in [0.15, 0.2) is 0 Å². The van der Waals surface area contributed by atoms with Crippen LogP contribution >= 0.6 is 0 Å². The van der Waals surface area contributed by atoms with Gasteiger partial charge in [-0.05, 0) is 12.8 Å². The van der Waals surface area contributed by atoms with Gasteiger partial charge in [0.25, 0.3) is 0 Å². The molecule has 14 heavy (non-hydrogen) atoms. The Morgan fingerprint density at radius 1 is 1.36 bits per heavy atom. The van der Waals surface area contributed by atoms with Gasteiger partial charge >= 0.3 is 5.97 Å². The average Bonchev–Trinajstić information content (AvgIpc) is 2.15. The summed E-state index contributed by atoms with van der Waals surface area (Å²) in [5.74, 6) is -0.746. The summed E-state index contributed by atoms with van der Waals surface area (Å²) < 4.78 is 0. The van der Waals surface area contributed by atoms with E-state index in [9.17, 15) is 4.79 Å². The molecule has 3 heteroatoms. The molecule has 0 aromatic rings. The second kappa shape index (κ2) is 10.3. The average molecular weight is 199 g/mol. The summed E-state index contributed by atoms with van der Waals surface area (Å²) in [7, 11) is 0. The molecule has 0 heterocycles. The fourth-order valence-corrected chi connectivity index (χ4v) is 1.09. The molecule has 82 valence electrons. The van der Waals surface area contributed by atoms with E-state index >= 15 is 0 Å². The van der Waals surface area contributed by atoms with Crippen molar-refractivity contribution in [2.75, 3.05) is 13.1 Å². The molecule has 0 aromatic heterocycles. The van der Waals surface area contributed by atoms with Crippen LogP contribution in [0.3, 0.4) is 0 Å². The minimum Gasteiger partial charge on any atom is -0.481 e. The molecular formula is C11H21NO2. The second-order valence-corrected chi connectivity index (χ2v) is 3.32. The normalized spacial score (nSPS) is 10.9. The van der Waals surface area contributed by atoms with Gasteiger partial charge in [0.1, 0.15) is 0 Å². The van der Waals surface area contributed by atoms with Gasteiger partial charge in [-0.15, -0.1) is 0 Å². The molecule has 0 unspecified atom stereocenters. The maximum Gasteiger partial charge on any atom is 0.304 e.